The first kappa shape index (κ1) is 22.1. The predicted octanol–water partition coefficient (Wildman–Crippen LogP) is 5.21. The molecule has 0 bridgehead atoms. The second-order valence-electron chi connectivity index (χ2n) is 6.06. The van der Waals surface area contributed by atoms with E-state index in [2.05, 4.69) is 10.1 Å². The third-order valence-electron chi connectivity index (χ3n) is 3.84. The van der Waals surface area contributed by atoms with Gasteiger partial charge in [-0.15, -0.1) is 5.10 Å². The largest absolute Gasteiger partial charge is 0.445 e. The molecule has 1 unspecified atom stereocenters. The number of nitrogens with one attached hydrogen (secondary N) is 1. The van der Waals surface area contributed by atoms with Crippen LogP contribution in [0.3, 0.4) is 0 Å². The first-order chi connectivity index (χ1) is 13.9. The summed E-state index contributed by atoms with van der Waals surface area (Å²) in [7, 11) is 0. The van der Waals surface area contributed by atoms with Gasteiger partial charge in [-0.05, 0) is 25.1 Å². The lowest BCUT2D eigenvalue weighted by Gasteiger charge is -2.15. The SMILES string of the molecule is CC(NC(=O)/C=C/c1c(-c2ccc(Cl)cc2)nc2sc(C(F)(F)F)nn12)C(F)(F)F. The molecule has 3 aromatic rings. The van der Waals surface area contributed by atoms with Crippen LogP contribution in [-0.2, 0) is 11.0 Å². The van der Waals surface area contributed by atoms with Crippen molar-refractivity contribution < 1.29 is 31.1 Å². The van der Waals surface area contributed by atoms with E-state index < -0.39 is 29.3 Å². The molecular weight excluding hydrogens is 458 g/mol. The lowest BCUT2D eigenvalue weighted by atomic mass is 10.1. The van der Waals surface area contributed by atoms with Gasteiger partial charge in [0.2, 0.25) is 15.9 Å². The van der Waals surface area contributed by atoms with Gasteiger partial charge in [0.05, 0.1) is 11.4 Å². The minimum Gasteiger partial charge on any atom is -0.341 e. The van der Waals surface area contributed by atoms with Crippen LogP contribution in [0.4, 0.5) is 26.3 Å². The highest BCUT2D eigenvalue weighted by Crippen LogP contribution is 2.35. The number of fused-ring (bicyclic) bond motifs is 1. The highest BCUT2D eigenvalue weighted by molar-refractivity contribution is 7.16. The summed E-state index contributed by atoms with van der Waals surface area (Å²) >= 11 is 6.13. The van der Waals surface area contributed by atoms with Crippen molar-refractivity contribution >= 4 is 39.9 Å². The number of benzene rings is 1. The quantitative estimate of drug-likeness (QED) is 0.422. The van der Waals surface area contributed by atoms with E-state index in [1.807, 2.05) is 0 Å². The Hall–Kier alpha value is -2.60. The standard InChI is InChI=1S/C17H11ClF6N4OS/c1-8(16(19,20)21)25-12(29)7-6-11-13(9-2-4-10(18)5-3-9)26-15-28(11)27-14(30-15)17(22,23)24/h2-8H,1H3,(H,25,29)/b7-6+. The van der Waals surface area contributed by atoms with Gasteiger partial charge in [-0.2, -0.15) is 26.3 Å². The van der Waals surface area contributed by atoms with Crippen molar-refractivity contribution in [2.24, 2.45) is 0 Å². The van der Waals surface area contributed by atoms with Crippen molar-refractivity contribution in [3.63, 3.8) is 0 Å². The van der Waals surface area contributed by atoms with Crippen LogP contribution < -0.4 is 5.32 Å². The molecule has 1 atom stereocenters. The van der Waals surface area contributed by atoms with Crippen molar-refractivity contribution in [3.8, 4) is 11.3 Å². The van der Waals surface area contributed by atoms with Crippen LogP contribution in [0.25, 0.3) is 22.3 Å². The maximum absolute atomic E-state index is 13.0. The monoisotopic (exact) mass is 468 g/mol. The number of carbonyl (C=O) groups excluding carboxylic acids is 1. The van der Waals surface area contributed by atoms with Crippen molar-refractivity contribution in [1.29, 1.82) is 0 Å². The van der Waals surface area contributed by atoms with Crippen LogP contribution in [0, 0.1) is 0 Å². The van der Waals surface area contributed by atoms with Crippen LogP contribution in [0.15, 0.2) is 30.3 Å². The van der Waals surface area contributed by atoms with Gasteiger partial charge in [0.15, 0.2) is 0 Å². The highest BCUT2D eigenvalue weighted by Gasteiger charge is 2.37. The Bertz CT molecular complexity index is 1100. The Balaban J connectivity index is 2.03. The van der Waals surface area contributed by atoms with E-state index in [1.54, 1.807) is 17.4 Å². The molecule has 1 aromatic carbocycles. The number of hydrogen-bond acceptors (Lipinski definition) is 4. The molecule has 0 saturated carbocycles. The zero-order valence-corrected chi connectivity index (χ0v) is 16.4. The molecule has 0 aliphatic heterocycles. The minimum atomic E-state index is -4.70. The van der Waals surface area contributed by atoms with Crippen LogP contribution in [0.2, 0.25) is 5.02 Å². The van der Waals surface area contributed by atoms with E-state index in [1.165, 1.54) is 12.1 Å². The smallest absolute Gasteiger partial charge is 0.341 e. The molecule has 2 heterocycles. The molecule has 0 aliphatic carbocycles. The van der Waals surface area contributed by atoms with Crippen molar-refractivity contribution in [1.82, 2.24) is 19.9 Å². The number of hydrogen-bond donors (Lipinski definition) is 1. The number of amides is 1. The third-order valence-corrected chi connectivity index (χ3v) is 5.05. The molecule has 1 N–H and O–H groups in total. The Morgan fingerprint density at radius 1 is 1.20 bits per heavy atom. The summed E-state index contributed by atoms with van der Waals surface area (Å²) in [4.78, 5) is 15.9. The molecule has 5 nitrogen and oxygen atoms in total. The molecule has 2 aromatic heterocycles. The minimum absolute atomic E-state index is 0.00566. The average Bonchev–Trinajstić information content (AvgIpc) is 3.18. The van der Waals surface area contributed by atoms with E-state index in [-0.39, 0.29) is 16.3 Å². The van der Waals surface area contributed by atoms with Gasteiger partial charge in [-0.25, -0.2) is 9.50 Å². The van der Waals surface area contributed by atoms with Crippen LogP contribution >= 0.6 is 22.9 Å². The first-order valence-corrected chi connectivity index (χ1v) is 9.33. The molecule has 0 radical (unpaired) electrons. The Morgan fingerprint density at radius 2 is 1.83 bits per heavy atom. The molecule has 3 rings (SSSR count). The predicted molar refractivity (Wildman–Crippen MR) is 99.0 cm³/mol. The number of rotatable bonds is 4. The summed E-state index contributed by atoms with van der Waals surface area (Å²) in [5.74, 6) is -1.08. The molecule has 0 fully saturated rings. The molecule has 160 valence electrons. The summed E-state index contributed by atoms with van der Waals surface area (Å²) in [6, 6.07) is 4.08. The Kier molecular flexibility index (Phi) is 5.83. The fourth-order valence-corrected chi connectivity index (χ4v) is 3.25. The number of alkyl halides is 6. The topological polar surface area (TPSA) is 59.3 Å². The molecule has 1 amide bonds. The number of nitrogens with zero attached hydrogens (tertiary/aromatic N) is 3. The van der Waals surface area contributed by atoms with Crippen molar-refractivity contribution in [2.45, 2.75) is 25.3 Å². The van der Waals surface area contributed by atoms with Gasteiger partial charge in [0.1, 0.15) is 6.04 Å². The molecular formula is C17H11ClF6N4OS. The second-order valence-corrected chi connectivity index (χ2v) is 7.45. The normalized spacial score (nSPS) is 13.9. The number of halogens is 7. The van der Waals surface area contributed by atoms with Crippen molar-refractivity contribution in [2.75, 3.05) is 0 Å². The van der Waals surface area contributed by atoms with E-state index in [0.29, 0.717) is 21.9 Å². The maximum atomic E-state index is 13.0. The zero-order valence-electron chi connectivity index (χ0n) is 14.8. The van der Waals surface area contributed by atoms with Gasteiger partial charge in [0, 0.05) is 16.7 Å². The lowest BCUT2D eigenvalue weighted by Crippen LogP contribution is -2.42. The van der Waals surface area contributed by atoms with Crippen molar-refractivity contribution in [3.05, 3.63) is 46.1 Å². The van der Waals surface area contributed by atoms with Gasteiger partial charge in [0.25, 0.3) is 0 Å². The van der Waals surface area contributed by atoms with Crippen LogP contribution in [0.5, 0.6) is 0 Å². The van der Waals surface area contributed by atoms with E-state index >= 15 is 0 Å². The number of aromatic nitrogens is 3. The van der Waals surface area contributed by atoms with Gasteiger partial charge < -0.3 is 5.32 Å². The fourth-order valence-electron chi connectivity index (χ4n) is 2.35. The zero-order chi connectivity index (χ0) is 22.3. The molecule has 13 heteroatoms. The van der Waals surface area contributed by atoms with E-state index in [9.17, 15) is 31.1 Å². The number of carbonyl (C=O) groups is 1. The average molecular weight is 469 g/mol. The van der Waals surface area contributed by atoms with E-state index in [0.717, 1.165) is 23.6 Å². The summed E-state index contributed by atoms with van der Waals surface area (Å²) in [5, 5.41) is 4.47. The highest BCUT2D eigenvalue weighted by atomic mass is 35.5. The van der Waals surface area contributed by atoms with Gasteiger partial charge in [-0.3, -0.25) is 4.79 Å². The summed E-state index contributed by atoms with van der Waals surface area (Å²) in [6.07, 6.45) is -7.51. The maximum Gasteiger partial charge on any atom is 0.445 e. The Morgan fingerprint density at radius 3 is 2.40 bits per heavy atom. The van der Waals surface area contributed by atoms with Crippen LogP contribution in [0.1, 0.15) is 17.6 Å². The third kappa shape index (κ3) is 4.75. The Labute approximate surface area is 174 Å². The number of imidazole rings is 1. The van der Waals surface area contributed by atoms with Gasteiger partial charge in [-0.1, -0.05) is 35.1 Å². The lowest BCUT2D eigenvalue weighted by molar-refractivity contribution is -0.156. The summed E-state index contributed by atoms with van der Waals surface area (Å²) in [5.41, 5.74) is 0.648. The summed E-state index contributed by atoms with van der Waals surface area (Å²) < 4.78 is 77.6. The van der Waals surface area contributed by atoms with Crippen LogP contribution in [-0.4, -0.2) is 32.7 Å². The first-order valence-electron chi connectivity index (χ1n) is 8.14. The fraction of sp³-hybridized carbons (Fsp3) is 0.235. The molecule has 0 aliphatic rings. The molecule has 0 spiro atoms. The molecule has 0 saturated heterocycles. The molecule has 30 heavy (non-hydrogen) atoms. The van der Waals surface area contributed by atoms with Gasteiger partial charge >= 0.3 is 12.4 Å². The van der Waals surface area contributed by atoms with E-state index in [4.69, 9.17) is 11.6 Å². The summed E-state index contributed by atoms with van der Waals surface area (Å²) in [6.45, 7) is 0.762. The second kappa shape index (κ2) is 7.91.